The minimum absolute atomic E-state index is 0.0542. The molecule has 0 aliphatic rings. The van der Waals surface area contributed by atoms with Crippen LogP contribution in [0.2, 0.25) is 0 Å². The zero-order valence-corrected chi connectivity index (χ0v) is 34.9. The fraction of sp³-hybridized carbons (Fsp3) is 0.455. The highest BCUT2D eigenvalue weighted by atomic mass is 16.5. The Kier molecular flexibility index (Phi) is 15.6. The van der Waals surface area contributed by atoms with Crippen molar-refractivity contribution in [3.05, 3.63) is 83.7 Å². The molecule has 0 aliphatic carbocycles. The van der Waals surface area contributed by atoms with Crippen molar-refractivity contribution in [1.29, 1.82) is 0 Å². The van der Waals surface area contributed by atoms with E-state index in [1.165, 1.54) is 14.0 Å². The number of ether oxygens (including phenoxy) is 1. The number of nitrogens with one attached hydrogen (secondary N) is 4. The number of carbonyl (C=O) groups is 4. The summed E-state index contributed by atoms with van der Waals surface area (Å²) >= 11 is 0. The first-order valence-electron chi connectivity index (χ1n) is 19.5. The molecule has 0 fully saturated rings. The average Bonchev–Trinajstić information content (AvgIpc) is 3.84. The standard InChI is InChI=1S/C44H58N8O5/c1-27(2)23-51(42(54)40(29(5)6)47-31(9)53)25-38-45-21-36(48-38)34-17-13-32(14-18-34)11-12-33-15-19-35(20-16-33)37-22-46-39(49-37)26-52(24-28(3)4)43(55)41(30(7)8)50-44(56)57-10/h13-22,27-30,40-41H,23-26H2,1-10H3,(H,45,48)(H,46,49)(H,47,53)(H,50,56). The number of aromatic amines is 2. The molecule has 2 atom stereocenters. The molecule has 2 aromatic carbocycles. The summed E-state index contributed by atoms with van der Waals surface area (Å²) in [7, 11) is 1.28. The van der Waals surface area contributed by atoms with Crippen molar-refractivity contribution < 1.29 is 23.9 Å². The zero-order chi connectivity index (χ0) is 41.8. The third-order valence-corrected chi connectivity index (χ3v) is 9.16. The number of benzene rings is 2. The maximum absolute atomic E-state index is 13.5. The van der Waals surface area contributed by atoms with Gasteiger partial charge < -0.3 is 35.1 Å². The topological polar surface area (TPSA) is 165 Å². The Balaban J connectivity index is 1.40. The summed E-state index contributed by atoms with van der Waals surface area (Å²) in [5.41, 5.74) is 5.23. The van der Waals surface area contributed by atoms with Crippen LogP contribution in [0.25, 0.3) is 22.5 Å². The van der Waals surface area contributed by atoms with Gasteiger partial charge in [-0.2, -0.15) is 0 Å². The van der Waals surface area contributed by atoms with E-state index in [2.05, 4.69) is 56.3 Å². The highest BCUT2D eigenvalue weighted by Gasteiger charge is 2.31. The number of aromatic nitrogens is 4. The SMILES string of the molecule is COC(=O)NC(C(=O)N(Cc1ncc(-c2ccc(C#Cc3ccc(-c4cnc(CN(CC(C)C)C(=O)C(NC(C)=O)C(C)C)[nH]4)cc3)cc2)[nH]1)CC(C)C)C(C)C. The Hall–Kier alpha value is -5.90. The summed E-state index contributed by atoms with van der Waals surface area (Å²) in [6.07, 6.45) is 2.87. The van der Waals surface area contributed by atoms with Crippen molar-refractivity contribution in [1.82, 2.24) is 40.4 Å². The molecule has 0 radical (unpaired) electrons. The molecule has 4 aromatic rings. The van der Waals surface area contributed by atoms with E-state index in [0.29, 0.717) is 31.3 Å². The van der Waals surface area contributed by atoms with Crippen LogP contribution in [-0.2, 0) is 32.2 Å². The zero-order valence-electron chi connectivity index (χ0n) is 34.9. The Morgan fingerprint density at radius 2 is 1.04 bits per heavy atom. The molecule has 57 heavy (non-hydrogen) atoms. The Labute approximate surface area is 336 Å². The van der Waals surface area contributed by atoms with E-state index in [0.717, 1.165) is 33.6 Å². The van der Waals surface area contributed by atoms with Crippen molar-refractivity contribution in [2.75, 3.05) is 20.2 Å². The second-order valence-electron chi connectivity index (χ2n) is 15.9. The summed E-state index contributed by atoms with van der Waals surface area (Å²) in [5, 5.41) is 5.49. The number of amides is 4. The number of nitrogens with zero attached hydrogens (tertiary/aromatic N) is 4. The van der Waals surface area contributed by atoms with Crippen molar-refractivity contribution in [2.24, 2.45) is 23.7 Å². The highest BCUT2D eigenvalue weighted by molar-refractivity contribution is 5.87. The lowest BCUT2D eigenvalue weighted by Gasteiger charge is -2.30. The van der Waals surface area contributed by atoms with Crippen LogP contribution in [0.15, 0.2) is 60.9 Å². The largest absolute Gasteiger partial charge is 0.453 e. The van der Waals surface area contributed by atoms with Gasteiger partial charge in [-0.15, -0.1) is 0 Å². The third-order valence-electron chi connectivity index (χ3n) is 9.16. The van der Waals surface area contributed by atoms with E-state index in [-0.39, 0.29) is 47.9 Å². The summed E-state index contributed by atoms with van der Waals surface area (Å²) < 4.78 is 4.75. The molecule has 13 nitrogen and oxygen atoms in total. The smallest absolute Gasteiger partial charge is 0.407 e. The molecule has 0 spiro atoms. The van der Waals surface area contributed by atoms with Gasteiger partial charge in [0.25, 0.3) is 0 Å². The summed E-state index contributed by atoms with van der Waals surface area (Å²) in [6.45, 7) is 18.9. The van der Waals surface area contributed by atoms with Crippen LogP contribution < -0.4 is 10.6 Å². The Morgan fingerprint density at radius 3 is 1.37 bits per heavy atom. The number of imidazole rings is 2. The minimum atomic E-state index is -0.723. The number of hydrogen-bond acceptors (Lipinski definition) is 7. The number of H-pyrrole nitrogens is 2. The molecule has 13 heteroatoms. The van der Waals surface area contributed by atoms with Crippen LogP contribution in [0.5, 0.6) is 0 Å². The molecule has 0 saturated heterocycles. The maximum Gasteiger partial charge on any atom is 0.407 e. The van der Waals surface area contributed by atoms with E-state index < -0.39 is 18.2 Å². The summed E-state index contributed by atoms with van der Waals surface area (Å²) in [6, 6.07) is 14.4. The maximum atomic E-state index is 13.5. The van der Waals surface area contributed by atoms with Crippen LogP contribution in [0.3, 0.4) is 0 Å². The van der Waals surface area contributed by atoms with Gasteiger partial charge in [0.05, 0.1) is 44.0 Å². The van der Waals surface area contributed by atoms with Crippen molar-refractivity contribution >= 4 is 23.8 Å². The fourth-order valence-corrected chi connectivity index (χ4v) is 6.32. The quantitative estimate of drug-likeness (QED) is 0.0959. The van der Waals surface area contributed by atoms with E-state index in [1.54, 1.807) is 22.2 Å². The predicted molar refractivity (Wildman–Crippen MR) is 221 cm³/mol. The summed E-state index contributed by atoms with van der Waals surface area (Å²) in [4.78, 5) is 70.1. The molecule has 304 valence electrons. The first kappa shape index (κ1) is 43.8. The lowest BCUT2D eigenvalue weighted by atomic mass is 10.0. The predicted octanol–water partition coefficient (Wildman–Crippen LogP) is 6.38. The molecule has 0 saturated carbocycles. The van der Waals surface area contributed by atoms with Gasteiger partial charge in [-0.3, -0.25) is 14.4 Å². The molecular weight excluding hydrogens is 721 g/mol. The van der Waals surface area contributed by atoms with Gasteiger partial charge in [-0.1, -0.05) is 91.5 Å². The lowest BCUT2D eigenvalue weighted by Crippen LogP contribution is -2.51. The van der Waals surface area contributed by atoms with Gasteiger partial charge >= 0.3 is 6.09 Å². The fourth-order valence-electron chi connectivity index (χ4n) is 6.32. The second kappa shape index (κ2) is 20.3. The number of carbonyl (C=O) groups excluding carboxylic acids is 4. The van der Waals surface area contributed by atoms with Crippen molar-refractivity contribution in [3.63, 3.8) is 0 Å². The molecule has 2 aromatic heterocycles. The molecule has 0 aliphatic heterocycles. The first-order valence-corrected chi connectivity index (χ1v) is 19.5. The number of hydrogen-bond donors (Lipinski definition) is 4. The van der Waals surface area contributed by atoms with Gasteiger partial charge in [0.2, 0.25) is 17.7 Å². The van der Waals surface area contributed by atoms with Gasteiger partial charge in [0.15, 0.2) is 0 Å². The lowest BCUT2D eigenvalue weighted by molar-refractivity contribution is -0.138. The van der Waals surface area contributed by atoms with Gasteiger partial charge in [0.1, 0.15) is 23.7 Å². The monoisotopic (exact) mass is 778 g/mol. The molecular formula is C44H58N8O5. The van der Waals surface area contributed by atoms with E-state index in [4.69, 9.17) is 4.74 Å². The van der Waals surface area contributed by atoms with E-state index >= 15 is 0 Å². The van der Waals surface area contributed by atoms with Crippen LogP contribution in [0, 0.1) is 35.5 Å². The van der Waals surface area contributed by atoms with E-state index in [1.807, 2.05) is 90.1 Å². The van der Waals surface area contributed by atoms with Gasteiger partial charge in [-0.05, 0) is 59.1 Å². The normalized spacial score (nSPS) is 12.2. The average molecular weight is 779 g/mol. The Bertz CT molecular complexity index is 2020. The van der Waals surface area contributed by atoms with Crippen LogP contribution >= 0.6 is 0 Å². The van der Waals surface area contributed by atoms with Gasteiger partial charge in [-0.25, -0.2) is 14.8 Å². The minimum Gasteiger partial charge on any atom is -0.453 e. The molecule has 4 amide bonds. The number of alkyl carbamates (subject to hydrolysis) is 1. The van der Waals surface area contributed by atoms with E-state index in [9.17, 15) is 19.2 Å². The van der Waals surface area contributed by atoms with Crippen molar-refractivity contribution in [3.8, 4) is 34.4 Å². The molecule has 4 N–H and O–H groups in total. The van der Waals surface area contributed by atoms with Crippen LogP contribution in [0.4, 0.5) is 4.79 Å². The van der Waals surface area contributed by atoms with Crippen LogP contribution in [0.1, 0.15) is 85.1 Å². The van der Waals surface area contributed by atoms with Crippen molar-refractivity contribution in [2.45, 2.75) is 87.5 Å². The first-order chi connectivity index (χ1) is 27.0. The highest BCUT2D eigenvalue weighted by Crippen LogP contribution is 2.21. The van der Waals surface area contributed by atoms with Crippen LogP contribution in [-0.4, -0.2) is 85.8 Å². The molecule has 2 heterocycles. The third kappa shape index (κ3) is 12.8. The molecule has 0 bridgehead atoms. The number of methoxy groups -OCH3 is 1. The number of rotatable bonds is 16. The Morgan fingerprint density at radius 1 is 0.649 bits per heavy atom. The van der Waals surface area contributed by atoms with Gasteiger partial charge in [0, 0.05) is 31.1 Å². The molecule has 4 rings (SSSR count). The molecule has 2 unspecified atom stereocenters. The summed E-state index contributed by atoms with van der Waals surface area (Å²) in [5.74, 6) is 7.50. The second-order valence-corrected chi connectivity index (χ2v) is 15.9.